The van der Waals surface area contributed by atoms with Crippen LogP contribution in [-0.2, 0) is 4.74 Å². The van der Waals surface area contributed by atoms with Crippen molar-refractivity contribution < 1.29 is 23.2 Å². The van der Waals surface area contributed by atoms with Gasteiger partial charge in [-0.05, 0) is 29.5 Å². The van der Waals surface area contributed by atoms with Gasteiger partial charge in [0.2, 0.25) is 0 Å². The molecule has 0 spiro atoms. The van der Waals surface area contributed by atoms with E-state index in [4.69, 9.17) is 0 Å². The highest BCUT2D eigenvalue weighted by Gasteiger charge is 2.31. The molecule has 0 saturated carbocycles. The SMILES string of the molecule is CCOC(=O)c1nc(I)cc([N+](=O)[O-])c1C(F)F. The van der Waals surface area contributed by atoms with Crippen LogP contribution >= 0.6 is 22.6 Å². The summed E-state index contributed by atoms with van der Waals surface area (Å²) in [6, 6.07) is 0.880. The summed E-state index contributed by atoms with van der Waals surface area (Å²) in [6.45, 7) is 1.45. The molecule has 6 nitrogen and oxygen atoms in total. The van der Waals surface area contributed by atoms with Gasteiger partial charge in [-0.3, -0.25) is 10.1 Å². The number of alkyl halides is 2. The van der Waals surface area contributed by atoms with Crippen LogP contribution in [0.15, 0.2) is 6.07 Å². The van der Waals surface area contributed by atoms with E-state index in [1.54, 1.807) is 22.6 Å². The van der Waals surface area contributed by atoms with Crippen molar-refractivity contribution in [2.24, 2.45) is 0 Å². The quantitative estimate of drug-likeness (QED) is 0.267. The zero-order valence-electron chi connectivity index (χ0n) is 9.02. The number of esters is 1. The first-order valence-corrected chi connectivity index (χ1v) is 5.76. The molecule has 0 fully saturated rings. The first-order chi connectivity index (χ1) is 8.38. The van der Waals surface area contributed by atoms with Gasteiger partial charge in [0.15, 0.2) is 5.69 Å². The second-order valence-corrected chi connectivity index (χ2v) is 4.11. The van der Waals surface area contributed by atoms with Crippen molar-refractivity contribution in [1.82, 2.24) is 4.98 Å². The van der Waals surface area contributed by atoms with Crippen LogP contribution in [0.2, 0.25) is 0 Å². The Bertz CT molecular complexity index is 496. The molecule has 0 aromatic carbocycles. The number of halogens is 3. The zero-order valence-corrected chi connectivity index (χ0v) is 11.2. The summed E-state index contributed by atoms with van der Waals surface area (Å²) >= 11 is 1.60. The molecule has 0 saturated heterocycles. The fourth-order valence-corrected chi connectivity index (χ4v) is 1.77. The van der Waals surface area contributed by atoms with Gasteiger partial charge in [-0.15, -0.1) is 0 Å². The topological polar surface area (TPSA) is 82.3 Å². The number of carbonyl (C=O) groups excluding carboxylic acids is 1. The molecule has 0 aliphatic carbocycles. The Morgan fingerprint density at radius 2 is 2.28 bits per heavy atom. The lowest BCUT2D eigenvalue weighted by molar-refractivity contribution is -0.386. The fourth-order valence-electron chi connectivity index (χ4n) is 1.23. The van der Waals surface area contributed by atoms with Crippen LogP contribution in [0.4, 0.5) is 14.5 Å². The van der Waals surface area contributed by atoms with E-state index in [9.17, 15) is 23.7 Å². The maximum Gasteiger partial charge on any atom is 0.357 e. The van der Waals surface area contributed by atoms with Crippen LogP contribution in [0.25, 0.3) is 0 Å². The summed E-state index contributed by atoms with van der Waals surface area (Å²) in [5.74, 6) is -1.10. The highest BCUT2D eigenvalue weighted by atomic mass is 127. The molecule has 0 unspecified atom stereocenters. The molecule has 1 rings (SSSR count). The molecule has 0 bridgehead atoms. The number of rotatable bonds is 4. The van der Waals surface area contributed by atoms with Crippen molar-refractivity contribution in [1.29, 1.82) is 0 Å². The Morgan fingerprint density at radius 1 is 1.67 bits per heavy atom. The van der Waals surface area contributed by atoms with Gasteiger partial charge in [0, 0.05) is 6.07 Å². The van der Waals surface area contributed by atoms with E-state index in [0.717, 1.165) is 6.07 Å². The summed E-state index contributed by atoms with van der Waals surface area (Å²) in [7, 11) is 0. The third-order valence-corrected chi connectivity index (χ3v) is 2.44. The molecular weight excluding hydrogens is 365 g/mol. The van der Waals surface area contributed by atoms with E-state index in [1.807, 2.05) is 0 Å². The van der Waals surface area contributed by atoms with E-state index >= 15 is 0 Å². The molecule has 1 aromatic heterocycles. The highest BCUT2D eigenvalue weighted by Crippen LogP contribution is 2.32. The minimum atomic E-state index is -3.19. The number of carbonyl (C=O) groups is 1. The van der Waals surface area contributed by atoms with Crippen molar-refractivity contribution in [3.05, 3.63) is 31.1 Å². The molecule has 18 heavy (non-hydrogen) atoms. The second kappa shape index (κ2) is 5.98. The minimum absolute atomic E-state index is 0.0392. The van der Waals surface area contributed by atoms with E-state index in [1.165, 1.54) is 6.92 Å². The first-order valence-electron chi connectivity index (χ1n) is 4.68. The Labute approximate surface area is 114 Å². The number of pyridine rings is 1. The van der Waals surface area contributed by atoms with Crippen LogP contribution in [-0.4, -0.2) is 22.5 Å². The van der Waals surface area contributed by atoms with Crippen molar-refractivity contribution in [3.63, 3.8) is 0 Å². The molecule has 0 radical (unpaired) electrons. The maximum atomic E-state index is 12.8. The molecule has 0 aliphatic heterocycles. The van der Waals surface area contributed by atoms with Gasteiger partial charge in [-0.2, -0.15) is 0 Å². The molecule has 0 atom stereocenters. The van der Waals surface area contributed by atoms with Crippen molar-refractivity contribution >= 4 is 34.2 Å². The largest absolute Gasteiger partial charge is 0.461 e. The molecule has 0 amide bonds. The van der Waals surface area contributed by atoms with Gasteiger partial charge < -0.3 is 4.74 Å². The summed E-state index contributed by atoms with van der Waals surface area (Å²) in [5.41, 5.74) is -2.57. The van der Waals surface area contributed by atoms with Crippen molar-refractivity contribution in [2.75, 3.05) is 6.61 Å². The Morgan fingerprint density at radius 3 is 2.72 bits per heavy atom. The number of ether oxygens (including phenoxy) is 1. The van der Waals surface area contributed by atoms with E-state index in [-0.39, 0.29) is 10.3 Å². The number of aromatic nitrogens is 1. The van der Waals surface area contributed by atoms with Gasteiger partial charge >= 0.3 is 5.97 Å². The molecule has 0 N–H and O–H groups in total. The summed E-state index contributed by atoms with van der Waals surface area (Å²) in [5, 5.41) is 10.7. The van der Waals surface area contributed by atoms with Gasteiger partial charge in [0.05, 0.1) is 11.5 Å². The van der Waals surface area contributed by atoms with Crippen molar-refractivity contribution in [2.45, 2.75) is 13.3 Å². The van der Waals surface area contributed by atoms with Gasteiger partial charge in [0.25, 0.3) is 12.1 Å². The lowest BCUT2D eigenvalue weighted by Crippen LogP contribution is -2.14. The third kappa shape index (κ3) is 3.09. The Balaban J connectivity index is 3.48. The van der Waals surface area contributed by atoms with Crippen LogP contribution < -0.4 is 0 Å². The normalized spacial score (nSPS) is 10.5. The van der Waals surface area contributed by atoms with E-state index < -0.39 is 34.3 Å². The monoisotopic (exact) mass is 372 g/mol. The van der Waals surface area contributed by atoms with Crippen molar-refractivity contribution in [3.8, 4) is 0 Å². The van der Waals surface area contributed by atoms with Gasteiger partial charge in [-0.25, -0.2) is 18.6 Å². The summed E-state index contributed by atoms with van der Waals surface area (Å²) < 4.78 is 30.3. The Hall–Kier alpha value is -1.39. The summed E-state index contributed by atoms with van der Waals surface area (Å²) in [6.07, 6.45) is -3.19. The second-order valence-electron chi connectivity index (χ2n) is 3.00. The molecule has 0 aliphatic rings. The minimum Gasteiger partial charge on any atom is -0.461 e. The maximum absolute atomic E-state index is 12.8. The smallest absolute Gasteiger partial charge is 0.357 e. The molecule has 1 aromatic rings. The molecule has 1 heterocycles. The van der Waals surface area contributed by atoms with Crippen LogP contribution in [0, 0.1) is 13.8 Å². The number of nitrogens with zero attached hydrogens (tertiary/aromatic N) is 2. The van der Waals surface area contributed by atoms with E-state index in [0.29, 0.717) is 0 Å². The lowest BCUT2D eigenvalue weighted by atomic mass is 10.1. The molecular formula is C9H7F2IN2O4. The highest BCUT2D eigenvalue weighted by molar-refractivity contribution is 14.1. The average molecular weight is 372 g/mol. The average Bonchev–Trinajstić information content (AvgIpc) is 2.27. The standard InChI is InChI=1S/C9H7F2IN2O4/c1-2-18-9(15)7-6(8(10)11)4(14(16)17)3-5(12)13-7/h3,8H,2H2,1H3. The van der Waals surface area contributed by atoms with Crippen LogP contribution in [0.5, 0.6) is 0 Å². The number of nitro groups is 1. The third-order valence-electron chi connectivity index (χ3n) is 1.89. The lowest BCUT2D eigenvalue weighted by Gasteiger charge is -2.08. The van der Waals surface area contributed by atoms with Crippen LogP contribution in [0.1, 0.15) is 29.4 Å². The van der Waals surface area contributed by atoms with Gasteiger partial charge in [0.1, 0.15) is 9.26 Å². The predicted molar refractivity (Wildman–Crippen MR) is 64.5 cm³/mol. The number of hydrogen-bond donors (Lipinski definition) is 0. The predicted octanol–water partition coefficient (Wildman–Crippen LogP) is 2.71. The Kier molecular flexibility index (Phi) is 4.87. The molecule has 98 valence electrons. The number of hydrogen-bond acceptors (Lipinski definition) is 5. The fraction of sp³-hybridized carbons (Fsp3) is 0.333. The van der Waals surface area contributed by atoms with Gasteiger partial charge in [-0.1, -0.05) is 0 Å². The zero-order chi connectivity index (χ0) is 13.9. The van der Waals surface area contributed by atoms with E-state index in [2.05, 4.69) is 9.72 Å². The first kappa shape index (κ1) is 14.7. The van der Waals surface area contributed by atoms with Crippen LogP contribution in [0.3, 0.4) is 0 Å². The summed E-state index contributed by atoms with van der Waals surface area (Å²) in [4.78, 5) is 24.8. The molecule has 9 heteroatoms.